The van der Waals surface area contributed by atoms with Crippen molar-refractivity contribution in [3.05, 3.63) is 12.7 Å². The summed E-state index contributed by atoms with van der Waals surface area (Å²) in [5.41, 5.74) is 0. The largest absolute Gasteiger partial charge is 0.338 e. The molecular weight excluding hydrogens is 240 g/mol. The maximum absolute atomic E-state index is 12.4. The predicted octanol–water partition coefficient (Wildman–Crippen LogP) is 2.20. The third-order valence-corrected chi connectivity index (χ3v) is 3.86. The molecular formula is C15H26N2O2. The molecule has 4 nitrogen and oxygen atoms in total. The van der Waals surface area contributed by atoms with Crippen LogP contribution in [0, 0.1) is 0 Å². The average molecular weight is 266 g/mol. The van der Waals surface area contributed by atoms with Crippen LogP contribution in [-0.4, -0.2) is 47.3 Å². The highest BCUT2D eigenvalue weighted by atomic mass is 16.2. The van der Waals surface area contributed by atoms with Gasteiger partial charge in [0.05, 0.1) is 0 Å². The summed E-state index contributed by atoms with van der Waals surface area (Å²) in [6.07, 6.45) is 6.83. The molecule has 1 aliphatic rings. The molecule has 0 aromatic rings. The van der Waals surface area contributed by atoms with Crippen LogP contribution in [0.15, 0.2) is 12.7 Å². The average Bonchev–Trinajstić information content (AvgIpc) is 2.68. The minimum atomic E-state index is -0.168. The Hall–Kier alpha value is -1.32. The molecule has 0 aromatic carbocycles. The predicted molar refractivity (Wildman–Crippen MR) is 76.7 cm³/mol. The number of likely N-dealkylation sites (tertiary alicyclic amines) is 1. The molecule has 1 saturated heterocycles. The summed E-state index contributed by atoms with van der Waals surface area (Å²) in [7, 11) is 0. The first-order chi connectivity index (χ1) is 9.13. The van der Waals surface area contributed by atoms with Crippen molar-refractivity contribution in [2.75, 3.05) is 19.6 Å². The van der Waals surface area contributed by atoms with E-state index in [0.29, 0.717) is 12.6 Å². The molecule has 1 fully saturated rings. The van der Waals surface area contributed by atoms with Gasteiger partial charge in [0, 0.05) is 19.1 Å². The standard InChI is InChI=1S/C15H26N2O2/c1-4-13-10-8-7-9-11-17(13)15(19)12-16(6-3)14(18)5-2/h5,13H,2,4,6-12H2,1,3H3. The number of carbonyl (C=O) groups excluding carboxylic acids is 2. The number of hydrogen-bond acceptors (Lipinski definition) is 2. The van der Waals surface area contributed by atoms with Crippen LogP contribution in [0.4, 0.5) is 0 Å². The van der Waals surface area contributed by atoms with E-state index in [0.717, 1.165) is 25.8 Å². The van der Waals surface area contributed by atoms with Crippen molar-refractivity contribution >= 4 is 11.8 Å². The normalized spacial score (nSPS) is 19.7. The summed E-state index contributed by atoms with van der Waals surface area (Å²) in [4.78, 5) is 27.6. The van der Waals surface area contributed by atoms with E-state index in [9.17, 15) is 9.59 Å². The summed E-state index contributed by atoms with van der Waals surface area (Å²) in [5, 5.41) is 0. The molecule has 1 atom stereocenters. The van der Waals surface area contributed by atoms with Crippen molar-refractivity contribution < 1.29 is 9.59 Å². The maximum Gasteiger partial charge on any atom is 0.246 e. The smallest absolute Gasteiger partial charge is 0.246 e. The van der Waals surface area contributed by atoms with Crippen molar-refractivity contribution in [2.24, 2.45) is 0 Å². The highest BCUT2D eigenvalue weighted by Crippen LogP contribution is 2.19. The molecule has 19 heavy (non-hydrogen) atoms. The molecule has 0 radical (unpaired) electrons. The highest BCUT2D eigenvalue weighted by Gasteiger charge is 2.25. The van der Waals surface area contributed by atoms with E-state index in [1.807, 2.05) is 11.8 Å². The Balaban J connectivity index is 2.67. The number of rotatable bonds is 5. The molecule has 4 heteroatoms. The second kappa shape index (κ2) is 7.97. The zero-order valence-corrected chi connectivity index (χ0v) is 12.2. The second-order valence-electron chi connectivity index (χ2n) is 5.06. The lowest BCUT2D eigenvalue weighted by Crippen LogP contribution is -2.46. The molecule has 1 unspecified atom stereocenters. The van der Waals surface area contributed by atoms with Crippen molar-refractivity contribution in [1.29, 1.82) is 0 Å². The van der Waals surface area contributed by atoms with Gasteiger partial charge in [0.1, 0.15) is 6.54 Å². The van der Waals surface area contributed by atoms with Crippen molar-refractivity contribution in [3.8, 4) is 0 Å². The lowest BCUT2D eigenvalue weighted by Gasteiger charge is -2.31. The topological polar surface area (TPSA) is 40.6 Å². The van der Waals surface area contributed by atoms with Gasteiger partial charge in [-0.1, -0.05) is 26.3 Å². The third kappa shape index (κ3) is 4.37. The fourth-order valence-corrected chi connectivity index (χ4v) is 2.66. The van der Waals surface area contributed by atoms with E-state index in [4.69, 9.17) is 0 Å². The van der Waals surface area contributed by atoms with Gasteiger partial charge in [0.25, 0.3) is 0 Å². The molecule has 0 saturated carbocycles. The molecule has 2 amide bonds. The molecule has 1 aliphatic heterocycles. The Bertz CT molecular complexity index is 328. The minimum absolute atomic E-state index is 0.0748. The Morgan fingerprint density at radius 3 is 2.63 bits per heavy atom. The lowest BCUT2D eigenvalue weighted by molar-refractivity contribution is -0.139. The van der Waals surface area contributed by atoms with Crippen LogP contribution in [0.2, 0.25) is 0 Å². The first kappa shape index (κ1) is 15.7. The Morgan fingerprint density at radius 2 is 2.05 bits per heavy atom. The molecule has 108 valence electrons. The SMILES string of the molecule is C=CC(=O)N(CC)CC(=O)N1CCCCCC1CC. The number of amides is 2. The highest BCUT2D eigenvalue weighted by molar-refractivity contribution is 5.90. The molecule has 1 heterocycles. The van der Waals surface area contributed by atoms with E-state index in [-0.39, 0.29) is 18.4 Å². The summed E-state index contributed by atoms with van der Waals surface area (Å²) in [5.74, 6) is -0.0930. The zero-order chi connectivity index (χ0) is 14.3. The number of carbonyl (C=O) groups is 2. The van der Waals surface area contributed by atoms with Gasteiger partial charge in [-0.25, -0.2) is 0 Å². The fraction of sp³-hybridized carbons (Fsp3) is 0.733. The Labute approximate surface area is 116 Å². The third-order valence-electron chi connectivity index (χ3n) is 3.86. The van der Waals surface area contributed by atoms with Gasteiger partial charge in [0.2, 0.25) is 11.8 Å². The van der Waals surface area contributed by atoms with Gasteiger partial charge >= 0.3 is 0 Å². The molecule has 0 spiro atoms. The van der Waals surface area contributed by atoms with Gasteiger partial charge in [-0.15, -0.1) is 0 Å². The van der Waals surface area contributed by atoms with E-state index in [1.54, 1.807) is 4.90 Å². The molecule has 0 aromatic heterocycles. The molecule has 0 N–H and O–H groups in total. The summed E-state index contributed by atoms with van der Waals surface area (Å²) in [6.45, 7) is 9.04. The first-order valence-corrected chi connectivity index (χ1v) is 7.34. The number of hydrogen-bond donors (Lipinski definition) is 0. The first-order valence-electron chi connectivity index (χ1n) is 7.34. The number of nitrogens with zero attached hydrogens (tertiary/aromatic N) is 2. The van der Waals surface area contributed by atoms with Crippen molar-refractivity contribution in [2.45, 2.75) is 52.0 Å². The van der Waals surface area contributed by atoms with Gasteiger partial charge in [0.15, 0.2) is 0 Å². The van der Waals surface area contributed by atoms with Gasteiger partial charge in [-0.05, 0) is 32.3 Å². The molecule has 1 rings (SSSR count). The van der Waals surface area contributed by atoms with Gasteiger partial charge < -0.3 is 9.80 Å². The summed E-state index contributed by atoms with van der Waals surface area (Å²) >= 11 is 0. The quantitative estimate of drug-likeness (QED) is 0.716. The maximum atomic E-state index is 12.4. The lowest BCUT2D eigenvalue weighted by atomic mass is 10.1. The summed E-state index contributed by atoms with van der Waals surface area (Å²) < 4.78 is 0. The van der Waals surface area contributed by atoms with Crippen molar-refractivity contribution in [3.63, 3.8) is 0 Å². The molecule has 0 aliphatic carbocycles. The van der Waals surface area contributed by atoms with Gasteiger partial charge in [-0.3, -0.25) is 9.59 Å². The van der Waals surface area contributed by atoms with E-state index < -0.39 is 0 Å². The second-order valence-corrected chi connectivity index (χ2v) is 5.06. The van der Waals surface area contributed by atoms with E-state index >= 15 is 0 Å². The minimum Gasteiger partial charge on any atom is -0.338 e. The monoisotopic (exact) mass is 266 g/mol. The van der Waals surface area contributed by atoms with Crippen LogP contribution in [0.1, 0.15) is 46.0 Å². The van der Waals surface area contributed by atoms with Crippen LogP contribution < -0.4 is 0 Å². The van der Waals surface area contributed by atoms with Crippen molar-refractivity contribution in [1.82, 2.24) is 9.80 Å². The van der Waals surface area contributed by atoms with Crippen LogP contribution in [0.3, 0.4) is 0 Å². The zero-order valence-electron chi connectivity index (χ0n) is 12.2. The van der Waals surface area contributed by atoms with E-state index in [1.165, 1.54) is 18.9 Å². The summed E-state index contributed by atoms with van der Waals surface area (Å²) in [6, 6.07) is 0.340. The van der Waals surface area contributed by atoms with Crippen LogP contribution in [-0.2, 0) is 9.59 Å². The fourth-order valence-electron chi connectivity index (χ4n) is 2.66. The molecule has 0 bridgehead atoms. The number of likely N-dealkylation sites (N-methyl/N-ethyl adjacent to an activating group) is 1. The Kier molecular flexibility index (Phi) is 6.60. The van der Waals surface area contributed by atoms with Crippen LogP contribution in [0.25, 0.3) is 0 Å². The van der Waals surface area contributed by atoms with Gasteiger partial charge in [-0.2, -0.15) is 0 Å². The van der Waals surface area contributed by atoms with E-state index in [2.05, 4.69) is 13.5 Å². The Morgan fingerprint density at radius 1 is 1.32 bits per heavy atom. The van der Waals surface area contributed by atoms with Crippen LogP contribution >= 0.6 is 0 Å². The van der Waals surface area contributed by atoms with Crippen LogP contribution in [0.5, 0.6) is 0 Å².